The van der Waals surface area contributed by atoms with Gasteiger partial charge in [-0.25, -0.2) is 9.59 Å². The number of barbiturate groups is 1. The molecule has 0 spiro atoms. The molecule has 26 heavy (non-hydrogen) atoms. The van der Waals surface area contributed by atoms with E-state index in [0.29, 0.717) is 21.9 Å². The van der Waals surface area contributed by atoms with E-state index in [1.165, 1.54) is 18.2 Å². The van der Waals surface area contributed by atoms with E-state index in [1.807, 2.05) is 10.6 Å². The Labute approximate surface area is 152 Å². The zero-order valence-corrected chi connectivity index (χ0v) is 13.9. The molecule has 0 bridgehead atoms. The fourth-order valence-corrected chi connectivity index (χ4v) is 2.28. The van der Waals surface area contributed by atoms with Gasteiger partial charge in [0.1, 0.15) is 11.3 Å². The van der Waals surface area contributed by atoms with Gasteiger partial charge in [-0.05, 0) is 48.0 Å². The van der Waals surface area contributed by atoms with Gasteiger partial charge in [0.05, 0.1) is 5.56 Å². The Morgan fingerprint density at radius 2 is 1.46 bits per heavy atom. The van der Waals surface area contributed by atoms with Crippen LogP contribution in [0.3, 0.4) is 0 Å². The van der Waals surface area contributed by atoms with Crippen LogP contribution in [0.2, 0.25) is 5.02 Å². The molecule has 1 aliphatic heterocycles. The summed E-state index contributed by atoms with van der Waals surface area (Å²) in [6.07, 6.45) is 1.32. The van der Waals surface area contributed by atoms with E-state index in [0.717, 1.165) is 0 Å². The molecule has 0 radical (unpaired) electrons. The fraction of sp³-hybridized carbons (Fsp3) is 0. The highest BCUT2D eigenvalue weighted by molar-refractivity contribution is 6.31. The molecule has 8 heteroatoms. The lowest BCUT2D eigenvalue weighted by atomic mass is 10.1. The second-order valence-electron chi connectivity index (χ2n) is 5.26. The standard InChI is InChI=1S/C18H11ClN2O5/c19-12-5-3-11(4-6-12)17(24)26-13-7-1-10(2-8-13)9-14-15(22)20-18(25)21-16(14)23/h1-9H,(H2,20,21,22,23,25). The van der Waals surface area contributed by atoms with Gasteiger partial charge in [0.2, 0.25) is 0 Å². The highest BCUT2D eigenvalue weighted by Crippen LogP contribution is 2.18. The maximum Gasteiger partial charge on any atom is 0.343 e. The van der Waals surface area contributed by atoms with Crippen LogP contribution in [-0.2, 0) is 9.59 Å². The van der Waals surface area contributed by atoms with Crippen molar-refractivity contribution in [1.82, 2.24) is 10.6 Å². The summed E-state index contributed by atoms with van der Waals surface area (Å²) >= 11 is 5.77. The Hall–Kier alpha value is -3.45. The minimum atomic E-state index is -0.860. The van der Waals surface area contributed by atoms with E-state index >= 15 is 0 Å². The number of carbonyl (C=O) groups is 4. The van der Waals surface area contributed by atoms with Crippen LogP contribution < -0.4 is 15.4 Å². The van der Waals surface area contributed by atoms with Crippen LogP contribution in [0.1, 0.15) is 15.9 Å². The van der Waals surface area contributed by atoms with Gasteiger partial charge in [-0.15, -0.1) is 0 Å². The molecule has 1 saturated heterocycles. The number of rotatable bonds is 3. The first-order chi connectivity index (χ1) is 12.4. The Kier molecular flexibility index (Phi) is 4.81. The first-order valence-electron chi connectivity index (χ1n) is 7.38. The molecular formula is C18H11ClN2O5. The second-order valence-corrected chi connectivity index (χ2v) is 5.70. The fourth-order valence-electron chi connectivity index (χ4n) is 2.16. The molecule has 3 rings (SSSR count). The third-order valence-electron chi connectivity index (χ3n) is 3.42. The largest absolute Gasteiger partial charge is 0.423 e. The number of benzene rings is 2. The molecule has 0 unspecified atom stereocenters. The van der Waals surface area contributed by atoms with Gasteiger partial charge in [0, 0.05) is 5.02 Å². The Bertz CT molecular complexity index is 911. The number of ether oxygens (including phenoxy) is 1. The van der Waals surface area contributed by atoms with Gasteiger partial charge in [0.25, 0.3) is 11.8 Å². The SMILES string of the molecule is O=C1NC(=O)C(=Cc2ccc(OC(=O)c3ccc(Cl)cc3)cc2)C(=O)N1. The monoisotopic (exact) mass is 370 g/mol. The van der Waals surface area contributed by atoms with E-state index in [1.54, 1.807) is 36.4 Å². The van der Waals surface area contributed by atoms with E-state index < -0.39 is 23.8 Å². The van der Waals surface area contributed by atoms with Crippen LogP contribution in [0.25, 0.3) is 6.08 Å². The minimum Gasteiger partial charge on any atom is -0.423 e. The summed E-state index contributed by atoms with van der Waals surface area (Å²) in [6, 6.07) is 11.6. The summed E-state index contributed by atoms with van der Waals surface area (Å²) in [6.45, 7) is 0. The molecule has 0 aromatic heterocycles. The van der Waals surface area contributed by atoms with E-state index in [-0.39, 0.29) is 5.57 Å². The van der Waals surface area contributed by atoms with Gasteiger partial charge in [-0.1, -0.05) is 23.7 Å². The van der Waals surface area contributed by atoms with Crippen molar-refractivity contribution < 1.29 is 23.9 Å². The number of halogens is 1. The highest BCUT2D eigenvalue weighted by Gasteiger charge is 2.27. The summed E-state index contributed by atoms with van der Waals surface area (Å²) in [5.74, 6) is -1.81. The minimum absolute atomic E-state index is 0.199. The van der Waals surface area contributed by atoms with Crippen molar-refractivity contribution in [2.75, 3.05) is 0 Å². The molecule has 130 valence electrons. The number of hydrogen-bond donors (Lipinski definition) is 2. The van der Waals surface area contributed by atoms with E-state index in [4.69, 9.17) is 16.3 Å². The van der Waals surface area contributed by atoms with Crippen LogP contribution >= 0.6 is 11.6 Å². The lowest BCUT2D eigenvalue weighted by Gasteiger charge is -2.13. The van der Waals surface area contributed by atoms with Crippen LogP contribution in [0.5, 0.6) is 5.75 Å². The van der Waals surface area contributed by atoms with Crippen molar-refractivity contribution in [1.29, 1.82) is 0 Å². The lowest BCUT2D eigenvalue weighted by molar-refractivity contribution is -0.123. The average molecular weight is 371 g/mol. The molecule has 7 nitrogen and oxygen atoms in total. The predicted octanol–water partition coefficient (Wildman–Crippen LogP) is 2.31. The summed E-state index contributed by atoms with van der Waals surface area (Å²) in [5.41, 5.74) is 0.669. The van der Waals surface area contributed by atoms with Crippen molar-refractivity contribution in [2.24, 2.45) is 0 Å². The number of carbonyl (C=O) groups excluding carboxylic acids is 4. The van der Waals surface area contributed by atoms with Gasteiger partial charge >= 0.3 is 12.0 Å². The van der Waals surface area contributed by atoms with E-state index in [9.17, 15) is 19.2 Å². The quantitative estimate of drug-likeness (QED) is 0.373. The molecule has 1 fully saturated rings. The van der Waals surface area contributed by atoms with Crippen molar-refractivity contribution in [3.8, 4) is 5.75 Å². The Morgan fingerprint density at radius 1 is 0.885 bits per heavy atom. The van der Waals surface area contributed by atoms with Crippen molar-refractivity contribution >= 4 is 41.5 Å². The number of esters is 1. The molecule has 0 aliphatic carbocycles. The molecule has 0 saturated carbocycles. The molecule has 4 amide bonds. The molecule has 2 aromatic carbocycles. The van der Waals surface area contributed by atoms with Gasteiger partial charge in [0.15, 0.2) is 0 Å². The van der Waals surface area contributed by atoms with Gasteiger partial charge < -0.3 is 4.74 Å². The predicted molar refractivity (Wildman–Crippen MR) is 92.5 cm³/mol. The highest BCUT2D eigenvalue weighted by atomic mass is 35.5. The van der Waals surface area contributed by atoms with Crippen molar-refractivity contribution in [3.05, 3.63) is 70.3 Å². The summed E-state index contributed by atoms with van der Waals surface area (Å²) in [7, 11) is 0. The zero-order chi connectivity index (χ0) is 18.7. The van der Waals surface area contributed by atoms with Crippen LogP contribution in [-0.4, -0.2) is 23.8 Å². The third-order valence-corrected chi connectivity index (χ3v) is 3.68. The third kappa shape index (κ3) is 3.96. The molecular weight excluding hydrogens is 360 g/mol. The number of hydrogen-bond acceptors (Lipinski definition) is 5. The smallest absolute Gasteiger partial charge is 0.343 e. The molecule has 0 atom stereocenters. The van der Waals surface area contributed by atoms with E-state index in [2.05, 4.69) is 0 Å². The summed E-state index contributed by atoms with van der Waals surface area (Å²) in [5, 5.41) is 4.48. The molecule has 2 aromatic rings. The zero-order valence-electron chi connectivity index (χ0n) is 13.1. The van der Waals surface area contributed by atoms with Crippen LogP contribution in [0, 0.1) is 0 Å². The van der Waals surface area contributed by atoms with Gasteiger partial charge in [-0.3, -0.25) is 20.2 Å². The number of imide groups is 2. The first kappa shape index (κ1) is 17.4. The van der Waals surface area contributed by atoms with Crippen molar-refractivity contribution in [3.63, 3.8) is 0 Å². The lowest BCUT2D eigenvalue weighted by Crippen LogP contribution is -2.51. The van der Waals surface area contributed by atoms with Crippen LogP contribution in [0.4, 0.5) is 4.79 Å². The Balaban J connectivity index is 1.72. The van der Waals surface area contributed by atoms with Crippen molar-refractivity contribution in [2.45, 2.75) is 0 Å². The maximum absolute atomic E-state index is 12.0. The summed E-state index contributed by atoms with van der Waals surface area (Å²) < 4.78 is 5.24. The normalized spacial score (nSPS) is 13.7. The molecule has 1 heterocycles. The molecule has 2 N–H and O–H groups in total. The average Bonchev–Trinajstić information content (AvgIpc) is 2.60. The number of urea groups is 1. The topological polar surface area (TPSA) is 102 Å². The number of amides is 4. The van der Waals surface area contributed by atoms with Crippen LogP contribution in [0.15, 0.2) is 54.1 Å². The summed E-state index contributed by atoms with van der Waals surface area (Å²) in [4.78, 5) is 46.4. The first-order valence-corrected chi connectivity index (χ1v) is 7.76. The Morgan fingerprint density at radius 3 is 2.04 bits per heavy atom. The maximum atomic E-state index is 12.0. The van der Waals surface area contributed by atoms with Gasteiger partial charge in [-0.2, -0.15) is 0 Å². The number of nitrogens with one attached hydrogen (secondary N) is 2. The molecule has 1 aliphatic rings. The second kappa shape index (κ2) is 7.20.